The Hall–Kier alpha value is -2.71. The Morgan fingerprint density at radius 3 is 2.23 bits per heavy atom. The maximum absolute atomic E-state index is 12.9. The molecule has 30 heavy (non-hydrogen) atoms. The first-order valence-electron chi connectivity index (χ1n) is 9.38. The lowest BCUT2D eigenvalue weighted by Crippen LogP contribution is -2.33. The van der Waals surface area contributed by atoms with Gasteiger partial charge in [-0.25, -0.2) is 0 Å². The molecule has 2 aromatic rings. The Bertz CT molecular complexity index is 949. The first kappa shape index (κ1) is 22.0. The van der Waals surface area contributed by atoms with Gasteiger partial charge in [-0.3, -0.25) is 9.69 Å². The van der Waals surface area contributed by atoms with Gasteiger partial charge in [0.05, 0.1) is 32.9 Å². The van der Waals surface area contributed by atoms with Crippen molar-refractivity contribution in [2.75, 3.05) is 33.3 Å². The van der Waals surface area contributed by atoms with Crippen LogP contribution >= 0.6 is 24.0 Å². The Morgan fingerprint density at radius 2 is 1.70 bits per heavy atom. The number of hydrogen-bond acceptors (Lipinski definition) is 7. The van der Waals surface area contributed by atoms with E-state index in [-0.39, 0.29) is 5.91 Å². The molecule has 0 spiro atoms. The molecular formula is C22H24N2O4S2. The molecule has 1 fully saturated rings. The second-order valence-electron chi connectivity index (χ2n) is 6.45. The van der Waals surface area contributed by atoms with Gasteiger partial charge in [-0.05, 0) is 47.9 Å². The monoisotopic (exact) mass is 444 g/mol. The third-order valence-electron chi connectivity index (χ3n) is 4.66. The van der Waals surface area contributed by atoms with Crippen molar-refractivity contribution >= 4 is 46.0 Å². The van der Waals surface area contributed by atoms with E-state index in [0.29, 0.717) is 33.1 Å². The van der Waals surface area contributed by atoms with Crippen LogP contribution in [-0.4, -0.2) is 43.1 Å². The van der Waals surface area contributed by atoms with Gasteiger partial charge in [-0.1, -0.05) is 43.0 Å². The number of benzene rings is 2. The highest BCUT2D eigenvalue weighted by molar-refractivity contribution is 8.26. The lowest BCUT2D eigenvalue weighted by atomic mass is 10.1. The standard InChI is InChI=1S/C22H24N2O4S2/c1-5-14-6-8-16(9-7-14)23-13-24-21(25)19(30-22(24)29)12-15-10-17(26-2)20(28-4)18(11-15)27-3/h6-12,23H,5,13H2,1-4H3/b19-12-. The molecule has 2 aromatic carbocycles. The fourth-order valence-electron chi connectivity index (χ4n) is 3.00. The van der Waals surface area contributed by atoms with E-state index in [1.165, 1.54) is 17.3 Å². The summed E-state index contributed by atoms with van der Waals surface area (Å²) in [5, 5.41) is 3.26. The van der Waals surface area contributed by atoms with Gasteiger partial charge in [-0.2, -0.15) is 0 Å². The number of thiocarbonyl (C=S) groups is 1. The van der Waals surface area contributed by atoms with E-state index in [2.05, 4.69) is 24.4 Å². The summed E-state index contributed by atoms with van der Waals surface area (Å²) < 4.78 is 16.6. The van der Waals surface area contributed by atoms with E-state index in [1.54, 1.807) is 44.4 Å². The SMILES string of the molecule is CCc1ccc(NCN2C(=O)/C(=C/c3cc(OC)c(OC)c(OC)c3)SC2=S)cc1. The van der Waals surface area contributed by atoms with E-state index in [1.807, 2.05) is 12.1 Å². The van der Waals surface area contributed by atoms with Gasteiger partial charge < -0.3 is 19.5 Å². The van der Waals surface area contributed by atoms with Crippen molar-refractivity contribution in [1.29, 1.82) is 0 Å². The Kier molecular flexibility index (Phi) is 7.23. The Morgan fingerprint density at radius 1 is 1.07 bits per heavy atom. The maximum atomic E-state index is 12.9. The van der Waals surface area contributed by atoms with Gasteiger partial charge >= 0.3 is 0 Å². The van der Waals surface area contributed by atoms with E-state index >= 15 is 0 Å². The molecule has 0 bridgehead atoms. The lowest BCUT2D eigenvalue weighted by Gasteiger charge is -2.16. The number of ether oxygens (including phenoxy) is 3. The third kappa shape index (κ3) is 4.71. The zero-order valence-electron chi connectivity index (χ0n) is 17.4. The highest BCUT2D eigenvalue weighted by Gasteiger charge is 2.32. The number of thioether (sulfide) groups is 1. The predicted molar refractivity (Wildman–Crippen MR) is 125 cm³/mol. The number of anilines is 1. The molecule has 1 aliphatic heterocycles. The minimum Gasteiger partial charge on any atom is -0.493 e. The number of amides is 1. The van der Waals surface area contributed by atoms with Gasteiger partial charge in [0, 0.05) is 5.69 Å². The number of aryl methyl sites for hydroxylation is 1. The fraction of sp³-hybridized carbons (Fsp3) is 0.273. The van der Waals surface area contributed by atoms with Crippen LogP contribution in [0, 0.1) is 0 Å². The molecule has 0 aliphatic carbocycles. The van der Waals surface area contributed by atoms with Gasteiger partial charge in [0.2, 0.25) is 5.75 Å². The number of carbonyl (C=O) groups is 1. The van der Waals surface area contributed by atoms with Crippen LogP contribution in [0.1, 0.15) is 18.1 Å². The van der Waals surface area contributed by atoms with Crippen LogP contribution in [0.3, 0.4) is 0 Å². The molecule has 1 aliphatic rings. The van der Waals surface area contributed by atoms with E-state index < -0.39 is 0 Å². The average molecular weight is 445 g/mol. The molecule has 0 radical (unpaired) electrons. The smallest absolute Gasteiger partial charge is 0.267 e. The molecule has 0 saturated carbocycles. The summed E-state index contributed by atoms with van der Waals surface area (Å²) in [5.41, 5.74) is 2.96. The second-order valence-corrected chi connectivity index (χ2v) is 8.13. The van der Waals surface area contributed by atoms with Crippen molar-refractivity contribution in [3.05, 3.63) is 52.4 Å². The number of methoxy groups -OCH3 is 3. The molecule has 6 nitrogen and oxygen atoms in total. The van der Waals surface area contributed by atoms with Crippen LogP contribution in [0.4, 0.5) is 5.69 Å². The molecule has 1 N–H and O–H groups in total. The van der Waals surface area contributed by atoms with Gasteiger partial charge in [0.1, 0.15) is 4.32 Å². The van der Waals surface area contributed by atoms with Crippen LogP contribution in [0.15, 0.2) is 41.3 Å². The third-order valence-corrected chi connectivity index (χ3v) is 6.04. The van der Waals surface area contributed by atoms with Crippen molar-refractivity contribution in [1.82, 2.24) is 4.90 Å². The summed E-state index contributed by atoms with van der Waals surface area (Å²) in [5.74, 6) is 1.41. The van der Waals surface area contributed by atoms with Gasteiger partial charge in [0.25, 0.3) is 5.91 Å². The fourth-order valence-corrected chi connectivity index (χ4v) is 4.26. The highest BCUT2D eigenvalue weighted by Crippen LogP contribution is 2.40. The van der Waals surface area contributed by atoms with E-state index in [4.69, 9.17) is 26.4 Å². The first-order valence-corrected chi connectivity index (χ1v) is 10.6. The molecule has 8 heteroatoms. The largest absolute Gasteiger partial charge is 0.493 e. The summed E-state index contributed by atoms with van der Waals surface area (Å²) in [7, 11) is 4.66. The minimum absolute atomic E-state index is 0.142. The Labute approximate surface area is 186 Å². The van der Waals surface area contributed by atoms with Crippen LogP contribution in [0.25, 0.3) is 6.08 Å². The average Bonchev–Trinajstić information content (AvgIpc) is 3.04. The summed E-state index contributed by atoms with van der Waals surface area (Å²) in [4.78, 5) is 15.0. The van der Waals surface area contributed by atoms with Crippen molar-refractivity contribution in [2.24, 2.45) is 0 Å². The van der Waals surface area contributed by atoms with Crippen molar-refractivity contribution in [3.8, 4) is 17.2 Å². The van der Waals surface area contributed by atoms with Crippen molar-refractivity contribution < 1.29 is 19.0 Å². The molecule has 1 heterocycles. The van der Waals surface area contributed by atoms with Crippen LogP contribution < -0.4 is 19.5 Å². The topological polar surface area (TPSA) is 60.0 Å². The number of nitrogens with one attached hydrogen (secondary N) is 1. The lowest BCUT2D eigenvalue weighted by molar-refractivity contribution is -0.121. The molecule has 158 valence electrons. The van der Waals surface area contributed by atoms with Crippen molar-refractivity contribution in [3.63, 3.8) is 0 Å². The molecule has 3 rings (SSSR count). The Balaban J connectivity index is 1.77. The molecule has 0 aromatic heterocycles. The predicted octanol–water partition coefficient (Wildman–Crippen LogP) is 4.55. The number of rotatable bonds is 8. The van der Waals surface area contributed by atoms with Crippen LogP contribution in [-0.2, 0) is 11.2 Å². The summed E-state index contributed by atoms with van der Waals surface area (Å²) in [6, 6.07) is 11.7. The molecule has 1 amide bonds. The zero-order valence-corrected chi connectivity index (χ0v) is 19.0. The normalized spacial score (nSPS) is 14.9. The maximum Gasteiger partial charge on any atom is 0.267 e. The molecular weight excluding hydrogens is 420 g/mol. The van der Waals surface area contributed by atoms with Crippen LogP contribution in [0.2, 0.25) is 0 Å². The zero-order chi connectivity index (χ0) is 21.7. The van der Waals surface area contributed by atoms with Gasteiger partial charge in [-0.15, -0.1) is 0 Å². The minimum atomic E-state index is -0.142. The summed E-state index contributed by atoms with van der Waals surface area (Å²) in [6.45, 7) is 2.42. The van der Waals surface area contributed by atoms with E-state index in [0.717, 1.165) is 17.7 Å². The van der Waals surface area contributed by atoms with E-state index in [9.17, 15) is 4.79 Å². The molecule has 0 atom stereocenters. The quantitative estimate of drug-likeness (QED) is 0.474. The molecule has 1 saturated heterocycles. The second kappa shape index (κ2) is 9.86. The summed E-state index contributed by atoms with van der Waals surface area (Å²) >= 11 is 6.69. The van der Waals surface area contributed by atoms with Crippen LogP contribution in [0.5, 0.6) is 17.2 Å². The first-order chi connectivity index (χ1) is 14.5. The number of nitrogens with zero attached hydrogens (tertiary/aromatic N) is 1. The van der Waals surface area contributed by atoms with Crippen molar-refractivity contribution in [2.45, 2.75) is 13.3 Å². The summed E-state index contributed by atoms with van der Waals surface area (Å²) in [6.07, 6.45) is 2.76. The molecule has 0 unspecified atom stereocenters. The number of carbonyl (C=O) groups excluding carboxylic acids is 1. The van der Waals surface area contributed by atoms with Gasteiger partial charge in [0.15, 0.2) is 11.5 Å². The highest BCUT2D eigenvalue weighted by atomic mass is 32.2. The number of hydrogen-bond donors (Lipinski definition) is 1.